The molecule has 100 valence electrons. The Kier molecular flexibility index (Phi) is 3.96. The van der Waals surface area contributed by atoms with Crippen LogP contribution in [0.5, 0.6) is 0 Å². The van der Waals surface area contributed by atoms with Crippen LogP contribution in [0.4, 0.5) is 0 Å². The molecule has 0 bridgehead atoms. The maximum atomic E-state index is 6.63. The van der Waals surface area contributed by atoms with Gasteiger partial charge in [-0.15, -0.1) is 0 Å². The summed E-state index contributed by atoms with van der Waals surface area (Å²) in [6, 6.07) is 5.60. The quantitative estimate of drug-likeness (QED) is 0.711. The van der Waals surface area contributed by atoms with Gasteiger partial charge in [0.2, 0.25) is 0 Å². The van der Waals surface area contributed by atoms with Crippen molar-refractivity contribution in [2.24, 2.45) is 11.1 Å². The number of rotatable bonds is 1. The van der Waals surface area contributed by atoms with Gasteiger partial charge in [0.1, 0.15) is 0 Å². The van der Waals surface area contributed by atoms with Crippen molar-refractivity contribution in [2.75, 3.05) is 0 Å². The zero-order valence-corrected chi connectivity index (χ0v) is 12.6. The summed E-state index contributed by atoms with van der Waals surface area (Å²) in [5.41, 5.74) is 7.69. The first-order valence-electron chi connectivity index (χ1n) is 6.57. The third kappa shape index (κ3) is 3.01. The third-order valence-corrected chi connectivity index (χ3v) is 4.75. The Morgan fingerprint density at radius 3 is 2.50 bits per heavy atom. The van der Waals surface area contributed by atoms with Crippen molar-refractivity contribution in [3.63, 3.8) is 0 Å². The topological polar surface area (TPSA) is 26.0 Å². The van der Waals surface area contributed by atoms with Gasteiger partial charge in [-0.25, -0.2) is 0 Å². The highest BCUT2D eigenvalue weighted by Gasteiger charge is 2.35. The second-order valence-electron chi connectivity index (χ2n) is 6.30. The molecule has 2 rings (SSSR count). The number of hydrogen-bond acceptors (Lipinski definition) is 1. The number of hydrogen-bond donors (Lipinski definition) is 1. The monoisotopic (exact) mass is 285 g/mol. The van der Waals surface area contributed by atoms with Crippen LogP contribution in [0.1, 0.15) is 51.5 Å². The first-order chi connectivity index (χ1) is 8.32. The van der Waals surface area contributed by atoms with Crippen LogP contribution in [0.15, 0.2) is 18.2 Å². The molecule has 1 fully saturated rings. The summed E-state index contributed by atoms with van der Waals surface area (Å²) in [4.78, 5) is 0. The van der Waals surface area contributed by atoms with Gasteiger partial charge in [0.15, 0.2) is 0 Å². The van der Waals surface area contributed by atoms with E-state index in [1.807, 2.05) is 18.2 Å². The highest BCUT2D eigenvalue weighted by Crippen LogP contribution is 2.43. The predicted octanol–water partition coefficient (Wildman–Crippen LogP) is 5.14. The second kappa shape index (κ2) is 5.03. The van der Waals surface area contributed by atoms with Crippen LogP contribution in [-0.2, 0) is 5.54 Å². The first-order valence-corrected chi connectivity index (χ1v) is 7.32. The fourth-order valence-corrected chi connectivity index (χ4v) is 3.32. The van der Waals surface area contributed by atoms with Crippen LogP contribution in [0.3, 0.4) is 0 Å². The molecule has 3 heteroatoms. The van der Waals surface area contributed by atoms with Crippen molar-refractivity contribution in [1.82, 2.24) is 0 Å². The molecule has 1 saturated carbocycles. The Hall–Kier alpha value is -0.240. The van der Waals surface area contributed by atoms with Gasteiger partial charge in [0.05, 0.1) is 0 Å². The van der Waals surface area contributed by atoms with Crippen molar-refractivity contribution < 1.29 is 0 Å². The molecule has 0 heterocycles. The third-order valence-electron chi connectivity index (χ3n) is 4.19. The lowest BCUT2D eigenvalue weighted by Crippen LogP contribution is -2.36. The molecular formula is C15H21Cl2N. The molecule has 0 radical (unpaired) electrons. The summed E-state index contributed by atoms with van der Waals surface area (Å²) < 4.78 is 0. The van der Waals surface area contributed by atoms with Crippen molar-refractivity contribution in [1.29, 1.82) is 0 Å². The Morgan fingerprint density at radius 1 is 1.06 bits per heavy atom. The zero-order valence-electron chi connectivity index (χ0n) is 11.1. The summed E-state index contributed by atoms with van der Waals surface area (Å²) in [6.45, 7) is 4.64. The summed E-state index contributed by atoms with van der Waals surface area (Å²) >= 11 is 12.4. The van der Waals surface area contributed by atoms with E-state index >= 15 is 0 Å². The average molecular weight is 286 g/mol. The number of benzene rings is 1. The van der Waals surface area contributed by atoms with Crippen molar-refractivity contribution >= 4 is 23.2 Å². The van der Waals surface area contributed by atoms with Gasteiger partial charge >= 0.3 is 0 Å². The Balaban J connectivity index is 2.33. The smallest absolute Gasteiger partial charge is 0.0457 e. The molecule has 1 aliphatic carbocycles. The summed E-state index contributed by atoms with van der Waals surface area (Å²) in [5, 5.41) is 1.45. The molecule has 1 unspecified atom stereocenters. The minimum Gasteiger partial charge on any atom is -0.321 e. The van der Waals surface area contributed by atoms with Crippen molar-refractivity contribution in [2.45, 2.75) is 51.5 Å². The molecule has 0 spiro atoms. The normalized spacial score (nSPS) is 27.8. The van der Waals surface area contributed by atoms with Crippen LogP contribution in [0.25, 0.3) is 0 Å². The van der Waals surface area contributed by atoms with E-state index in [9.17, 15) is 0 Å². The lowest BCUT2D eigenvalue weighted by Gasteiger charge is -2.30. The molecule has 1 aromatic carbocycles. The molecule has 1 aromatic rings. The van der Waals surface area contributed by atoms with E-state index in [-0.39, 0.29) is 5.54 Å². The van der Waals surface area contributed by atoms with E-state index in [1.54, 1.807) is 0 Å². The molecule has 18 heavy (non-hydrogen) atoms. The second-order valence-corrected chi connectivity index (χ2v) is 7.14. The molecule has 1 nitrogen and oxygen atoms in total. The maximum Gasteiger partial charge on any atom is 0.0457 e. The van der Waals surface area contributed by atoms with E-state index in [0.29, 0.717) is 10.4 Å². The fourth-order valence-electron chi connectivity index (χ4n) is 2.84. The SMILES string of the molecule is CC1(C)CCCC(N)(c2cc(Cl)ccc2Cl)CC1. The maximum absolute atomic E-state index is 6.63. The van der Waals surface area contributed by atoms with E-state index in [4.69, 9.17) is 28.9 Å². The highest BCUT2D eigenvalue weighted by molar-refractivity contribution is 6.33. The van der Waals surface area contributed by atoms with Crippen LogP contribution < -0.4 is 5.73 Å². The van der Waals surface area contributed by atoms with Crippen LogP contribution in [0, 0.1) is 5.41 Å². The predicted molar refractivity (Wildman–Crippen MR) is 79.2 cm³/mol. The van der Waals surface area contributed by atoms with Crippen LogP contribution in [-0.4, -0.2) is 0 Å². The molecule has 0 amide bonds. The molecule has 0 aliphatic heterocycles. The van der Waals surface area contributed by atoms with Gasteiger partial charge in [-0.1, -0.05) is 43.5 Å². The van der Waals surface area contributed by atoms with Crippen molar-refractivity contribution in [3.05, 3.63) is 33.8 Å². The minimum absolute atomic E-state index is 0.324. The van der Waals surface area contributed by atoms with Gasteiger partial charge in [0, 0.05) is 15.6 Å². The summed E-state index contributed by atoms with van der Waals surface area (Å²) in [6.07, 6.45) is 5.46. The number of halogens is 2. The Bertz CT molecular complexity index is 442. The van der Waals surface area contributed by atoms with E-state index < -0.39 is 0 Å². The molecule has 1 aliphatic rings. The van der Waals surface area contributed by atoms with Crippen LogP contribution in [0.2, 0.25) is 10.0 Å². The van der Waals surface area contributed by atoms with E-state index in [0.717, 1.165) is 36.3 Å². The zero-order chi connectivity index (χ0) is 13.4. The molecular weight excluding hydrogens is 265 g/mol. The minimum atomic E-state index is -0.324. The lowest BCUT2D eigenvalue weighted by atomic mass is 9.81. The van der Waals surface area contributed by atoms with Crippen molar-refractivity contribution in [3.8, 4) is 0 Å². The summed E-state index contributed by atoms with van der Waals surface area (Å²) in [7, 11) is 0. The summed E-state index contributed by atoms with van der Waals surface area (Å²) in [5.74, 6) is 0. The molecule has 1 atom stereocenters. The molecule has 0 saturated heterocycles. The van der Waals surface area contributed by atoms with E-state index in [1.165, 1.54) is 6.42 Å². The van der Waals surface area contributed by atoms with Gasteiger partial charge in [-0.05, 0) is 54.9 Å². The molecule has 0 aromatic heterocycles. The van der Waals surface area contributed by atoms with Gasteiger partial charge in [-0.2, -0.15) is 0 Å². The Labute approximate surface area is 120 Å². The standard InChI is InChI=1S/C15H21Cl2N/c1-14(2)6-3-7-15(18,9-8-14)12-10-11(16)4-5-13(12)17/h4-5,10H,3,6-9,18H2,1-2H3. The highest BCUT2D eigenvalue weighted by atomic mass is 35.5. The van der Waals surface area contributed by atoms with Gasteiger partial charge < -0.3 is 5.73 Å². The number of nitrogens with two attached hydrogens (primary N) is 1. The average Bonchev–Trinajstić information content (AvgIpc) is 2.42. The Morgan fingerprint density at radius 2 is 1.78 bits per heavy atom. The largest absolute Gasteiger partial charge is 0.321 e. The van der Waals surface area contributed by atoms with Crippen LogP contribution >= 0.6 is 23.2 Å². The van der Waals surface area contributed by atoms with Gasteiger partial charge in [-0.3, -0.25) is 0 Å². The fraction of sp³-hybridized carbons (Fsp3) is 0.600. The van der Waals surface area contributed by atoms with E-state index in [2.05, 4.69) is 13.8 Å². The van der Waals surface area contributed by atoms with Gasteiger partial charge in [0.25, 0.3) is 0 Å². The molecule has 2 N–H and O–H groups in total. The lowest BCUT2D eigenvalue weighted by molar-refractivity contribution is 0.299. The first kappa shape index (κ1) is 14.2.